The van der Waals surface area contributed by atoms with Gasteiger partial charge in [-0.05, 0) is 123 Å². The van der Waals surface area contributed by atoms with Gasteiger partial charge in [0.2, 0.25) is 0 Å². The molecule has 2 aliphatic carbocycles. The van der Waals surface area contributed by atoms with Crippen LogP contribution < -0.4 is 21.7 Å². The zero-order valence-electron chi connectivity index (χ0n) is 43.2. The van der Waals surface area contributed by atoms with Crippen molar-refractivity contribution in [3.05, 3.63) is 127 Å². The predicted octanol–water partition coefficient (Wildman–Crippen LogP) is 12.3. The van der Waals surface area contributed by atoms with Crippen molar-refractivity contribution >= 4 is 147 Å². The maximum absolute atomic E-state index is 12.6. The van der Waals surface area contributed by atoms with Gasteiger partial charge < -0.3 is 31.2 Å². The van der Waals surface area contributed by atoms with Gasteiger partial charge in [-0.2, -0.15) is 0 Å². The van der Waals surface area contributed by atoms with Crippen LogP contribution in [0.5, 0.6) is 0 Å². The summed E-state index contributed by atoms with van der Waals surface area (Å²) in [6, 6.07) is 22.9. The molecule has 428 valence electrons. The molecule has 0 unspecified atom stereocenters. The number of anilines is 2. The van der Waals surface area contributed by atoms with Crippen molar-refractivity contribution in [2.45, 2.75) is 109 Å². The SMILES string of the molecule is C.COC(=O)[C@H](Cc1ccc(N)cc1)NC(=S)C1(CCCCS(C)(=O)=O)CCC1.COC(=O)[C@H](Cc1ccc(NC(=O)c2c(Cl)cccc2Cl)cc1)NC(=S)C1(CCCCS(C)(=O)=O)CCC1.O=C(Cl)c1c(Cl)cccc1Cl. The first kappa shape index (κ1) is 68.2. The van der Waals surface area contributed by atoms with Crippen LogP contribution in [-0.4, -0.2) is 100 Å². The first-order chi connectivity index (χ1) is 36.2. The predicted molar refractivity (Wildman–Crippen MR) is 325 cm³/mol. The Kier molecular flexibility index (Phi) is 27.8. The van der Waals surface area contributed by atoms with E-state index >= 15 is 0 Å². The van der Waals surface area contributed by atoms with Crippen LogP contribution in [0.25, 0.3) is 0 Å². The lowest BCUT2D eigenvalue weighted by atomic mass is 9.65. The molecule has 2 atom stereocenters. The third-order valence-corrected chi connectivity index (χ3v) is 18.0. The molecular formula is C55H69Cl5N4O10S4. The molecule has 14 nitrogen and oxygen atoms in total. The number of halogens is 5. The van der Waals surface area contributed by atoms with Crippen LogP contribution in [0, 0.1) is 10.8 Å². The molecule has 4 aromatic rings. The summed E-state index contributed by atoms with van der Waals surface area (Å²) in [5.74, 6) is -0.841. The largest absolute Gasteiger partial charge is 0.467 e. The Balaban J connectivity index is 0.000000349. The van der Waals surface area contributed by atoms with Crippen molar-refractivity contribution in [1.29, 1.82) is 0 Å². The van der Waals surface area contributed by atoms with Gasteiger partial charge >= 0.3 is 11.9 Å². The van der Waals surface area contributed by atoms with Gasteiger partial charge in [0, 0.05) is 59.1 Å². The quantitative estimate of drug-likeness (QED) is 0.0179. The van der Waals surface area contributed by atoms with Crippen LogP contribution in [0.4, 0.5) is 11.4 Å². The normalized spacial score (nSPS) is 14.7. The second-order valence-corrected chi connectivity index (χ2v) is 26.6. The molecule has 0 radical (unpaired) electrons. The second-order valence-electron chi connectivity index (χ2n) is 19.3. The molecule has 0 bridgehead atoms. The van der Waals surface area contributed by atoms with Crippen molar-refractivity contribution in [3.63, 3.8) is 0 Å². The molecule has 4 aromatic carbocycles. The van der Waals surface area contributed by atoms with E-state index in [4.69, 9.17) is 97.6 Å². The number of rotatable bonds is 23. The van der Waals surface area contributed by atoms with E-state index in [0.717, 1.165) is 75.3 Å². The molecule has 2 fully saturated rings. The van der Waals surface area contributed by atoms with Gasteiger partial charge in [0.25, 0.3) is 11.1 Å². The smallest absolute Gasteiger partial charge is 0.328 e. The van der Waals surface area contributed by atoms with Crippen LogP contribution in [0.2, 0.25) is 20.1 Å². The number of thiocarbonyl (C=S) groups is 2. The lowest BCUT2D eigenvalue weighted by molar-refractivity contribution is -0.143. The molecule has 6 rings (SSSR count). The highest BCUT2D eigenvalue weighted by atomic mass is 35.5. The molecule has 0 aliphatic heterocycles. The first-order valence-corrected chi connectivity index (χ1v) is 31.5. The Morgan fingerprint density at radius 1 is 0.603 bits per heavy atom. The fraction of sp³-hybridized carbons (Fsp3) is 0.455. The standard InChI is InChI=1S/C27H32Cl2N2O5S2.C20H30N2O4S2.C7H3Cl3O.CH4/c1-36-25(33)22(31-26(37)27(14-6-15-27)13-3-4-16-38(2,34)35)17-18-9-11-19(12-10-18)30-24(32)23-20(28)7-5-8-21(23)29;1-26-18(23)17(14-15-6-8-16(21)9-7-15)22-19(27)20(11-5-12-20)10-3-4-13-28(2,24)25;8-4-2-1-3-5(9)6(4)7(10)11;/h5,7-12,22H,3-4,6,13-17H2,1-2H3,(H,30,32)(H,31,37);6-9,17H,3-5,10-14,21H2,1-2H3,(H,22,27);1-3H;1H4/t22-;17-;;/m00../s1. The first-order valence-electron chi connectivity index (χ1n) is 24.7. The Bertz CT molecular complexity index is 2900. The molecule has 0 heterocycles. The summed E-state index contributed by atoms with van der Waals surface area (Å²) in [4.78, 5) is 49.5. The minimum atomic E-state index is -2.99. The van der Waals surface area contributed by atoms with Gasteiger partial charge in [0.05, 0.1) is 55.4 Å². The number of sulfone groups is 2. The molecule has 2 saturated carbocycles. The molecule has 2 aliphatic rings. The number of esters is 2. The number of methoxy groups -OCH3 is 2. The van der Waals surface area contributed by atoms with Gasteiger partial charge in [-0.3, -0.25) is 9.59 Å². The number of hydrogen-bond donors (Lipinski definition) is 4. The number of ether oxygens (including phenoxy) is 2. The second kappa shape index (κ2) is 31.8. The highest BCUT2D eigenvalue weighted by Gasteiger charge is 2.43. The fourth-order valence-corrected chi connectivity index (χ4v) is 12.6. The third-order valence-electron chi connectivity index (χ3n) is 13.4. The van der Waals surface area contributed by atoms with E-state index in [2.05, 4.69) is 16.0 Å². The van der Waals surface area contributed by atoms with E-state index in [-0.39, 0.29) is 66.9 Å². The van der Waals surface area contributed by atoms with Crippen LogP contribution in [0.3, 0.4) is 0 Å². The van der Waals surface area contributed by atoms with Crippen molar-refractivity contribution in [3.8, 4) is 0 Å². The minimum absolute atomic E-state index is 0. The number of carbonyl (C=O) groups excluding carboxylic acids is 4. The number of nitrogens with two attached hydrogens (primary N) is 1. The summed E-state index contributed by atoms with van der Waals surface area (Å²) in [7, 11) is -3.23. The van der Waals surface area contributed by atoms with Crippen LogP contribution in [0.1, 0.15) is 116 Å². The molecule has 0 saturated heterocycles. The van der Waals surface area contributed by atoms with Crippen LogP contribution in [-0.2, 0) is 51.6 Å². The van der Waals surface area contributed by atoms with E-state index < -0.39 is 48.9 Å². The van der Waals surface area contributed by atoms with Crippen LogP contribution >= 0.6 is 82.4 Å². The molecule has 0 spiro atoms. The van der Waals surface area contributed by atoms with E-state index in [9.17, 15) is 36.0 Å². The van der Waals surface area contributed by atoms with E-state index in [1.807, 2.05) is 24.3 Å². The Morgan fingerprint density at radius 3 is 1.27 bits per heavy atom. The monoisotopic (exact) mass is 1250 g/mol. The van der Waals surface area contributed by atoms with Gasteiger partial charge in [-0.25, -0.2) is 26.4 Å². The highest BCUT2D eigenvalue weighted by Crippen LogP contribution is 2.47. The van der Waals surface area contributed by atoms with Gasteiger partial charge in [0.15, 0.2) is 0 Å². The third kappa shape index (κ3) is 21.4. The van der Waals surface area contributed by atoms with Crippen molar-refractivity contribution in [2.75, 3.05) is 49.3 Å². The summed E-state index contributed by atoms with van der Waals surface area (Å²) < 4.78 is 55.5. The van der Waals surface area contributed by atoms with Gasteiger partial charge in [0.1, 0.15) is 31.8 Å². The van der Waals surface area contributed by atoms with E-state index in [1.165, 1.54) is 26.7 Å². The zero-order valence-corrected chi connectivity index (χ0v) is 50.3. The molecular weight excluding hydrogens is 1180 g/mol. The van der Waals surface area contributed by atoms with Gasteiger partial charge in [-0.15, -0.1) is 0 Å². The number of nitrogens with one attached hydrogen (secondary N) is 3. The number of hydrogen-bond acceptors (Lipinski definition) is 13. The summed E-state index contributed by atoms with van der Waals surface area (Å²) in [5, 5.41) is 9.69. The molecule has 23 heteroatoms. The fourth-order valence-electron chi connectivity index (χ4n) is 8.78. The van der Waals surface area contributed by atoms with E-state index in [0.29, 0.717) is 47.0 Å². The maximum atomic E-state index is 12.6. The molecule has 1 amide bonds. The molecule has 5 N–H and O–H groups in total. The minimum Gasteiger partial charge on any atom is -0.467 e. The lowest BCUT2D eigenvalue weighted by Crippen LogP contribution is -2.51. The number of benzene rings is 4. The lowest BCUT2D eigenvalue weighted by Gasteiger charge is -2.43. The van der Waals surface area contributed by atoms with Crippen molar-refractivity contribution < 1.29 is 45.5 Å². The zero-order chi connectivity index (χ0) is 57.1. The molecule has 78 heavy (non-hydrogen) atoms. The highest BCUT2D eigenvalue weighted by molar-refractivity contribution is 7.90. The maximum Gasteiger partial charge on any atom is 0.328 e. The topological polar surface area (TPSA) is 217 Å². The number of nitrogen functional groups attached to an aromatic ring is 1. The Labute approximate surface area is 495 Å². The molecule has 0 aromatic heterocycles. The summed E-state index contributed by atoms with van der Waals surface area (Å²) in [6.45, 7) is 0. The Hall–Kier alpha value is -4.11. The number of unbranched alkanes of at least 4 members (excludes halogenated alkanes) is 2. The van der Waals surface area contributed by atoms with E-state index in [1.54, 1.807) is 60.7 Å². The summed E-state index contributed by atoms with van der Waals surface area (Å²) in [5.41, 5.74) is 8.77. The number of amides is 1. The summed E-state index contributed by atoms with van der Waals surface area (Å²) in [6.07, 6.45) is 13.6. The van der Waals surface area contributed by atoms with Crippen molar-refractivity contribution in [2.24, 2.45) is 10.8 Å². The average Bonchev–Trinajstić information content (AvgIpc) is 3.32. The average molecular weight is 1250 g/mol. The number of carbonyl (C=O) groups is 4. The van der Waals surface area contributed by atoms with Crippen molar-refractivity contribution in [1.82, 2.24) is 10.6 Å². The summed E-state index contributed by atoms with van der Waals surface area (Å²) >= 11 is 40.2. The van der Waals surface area contributed by atoms with Gasteiger partial charge in [-0.1, -0.05) is 140 Å². The van der Waals surface area contributed by atoms with Crippen LogP contribution in [0.15, 0.2) is 84.9 Å². The Morgan fingerprint density at radius 2 is 0.962 bits per heavy atom.